The van der Waals surface area contributed by atoms with E-state index in [1.807, 2.05) is 4.98 Å². The molecule has 1 aromatic heterocycles. The minimum atomic E-state index is -3.35. The van der Waals surface area contributed by atoms with Crippen molar-refractivity contribution in [2.24, 2.45) is 0 Å². The van der Waals surface area contributed by atoms with Gasteiger partial charge in [0.2, 0.25) is 5.43 Å². The Hall–Kier alpha value is -2.32. The van der Waals surface area contributed by atoms with Crippen molar-refractivity contribution in [2.75, 3.05) is 0 Å². The molecule has 0 bridgehead atoms. The molecule has 0 amide bonds. The molecule has 0 spiro atoms. The Morgan fingerprint density at radius 1 is 1.59 bits per heavy atom. The normalized spacial score (nSPS) is 10.5. The molecule has 0 radical (unpaired) electrons. The average Bonchev–Trinajstić information content (AvgIpc) is 2.19. The van der Waals surface area contributed by atoms with E-state index < -0.39 is 46.1 Å². The van der Waals surface area contributed by atoms with Gasteiger partial charge in [0.05, 0.1) is 18.2 Å². The molecule has 1 heterocycles. The third-order valence-corrected chi connectivity index (χ3v) is 1.92. The zero-order chi connectivity index (χ0) is 13.2. The van der Waals surface area contributed by atoms with Crippen molar-refractivity contribution in [1.82, 2.24) is 4.98 Å². The Morgan fingerprint density at radius 2 is 2.18 bits per heavy atom. The van der Waals surface area contributed by atoms with E-state index in [1.54, 1.807) is 0 Å². The van der Waals surface area contributed by atoms with Crippen LogP contribution in [0.25, 0.3) is 0 Å². The second-order valence-electron chi connectivity index (χ2n) is 3.03. The number of hydrogen-bond donors (Lipinski definition) is 2. The van der Waals surface area contributed by atoms with Crippen LogP contribution in [-0.4, -0.2) is 21.0 Å². The number of aromatic nitrogens is 1. The molecule has 0 saturated carbocycles. The summed E-state index contributed by atoms with van der Waals surface area (Å²) < 4.78 is 25.0. The van der Waals surface area contributed by atoms with Crippen LogP contribution in [0, 0.1) is 10.1 Å². The van der Waals surface area contributed by atoms with Crippen molar-refractivity contribution in [3.63, 3.8) is 0 Å². The van der Waals surface area contributed by atoms with Crippen LogP contribution in [0.4, 0.5) is 14.6 Å². The third kappa shape index (κ3) is 2.62. The number of carboxylic acids is 1. The molecule has 0 saturated heterocycles. The number of hydrogen-bond acceptors (Lipinski definition) is 4. The molecule has 2 N–H and O–H groups in total. The number of aliphatic carboxylic acids is 1. The number of rotatable bonds is 4. The molecule has 1 rings (SSSR count). The lowest BCUT2D eigenvalue weighted by molar-refractivity contribution is -0.391. The monoisotopic (exact) mass is 248 g/mol. The summed E-state index contributed by atoms with van der Waals surface area (Å²) >= 11 is 0. The van der Waals surface area contributed by atoms with Crippen molar-refractivity contribution >= 4 is 11.8 Å². The third-order valence-electron chi connectivity index (χ3n) is 1.92. The number of nitrogens with zero attached hydrogens (tertiary/aromatic N) is 1. The van der Waals surface area contributed by atoms with Crippen LogP contribution in [0.2, 0.25) is 0 Å². The maximum absolute atomic E-state index is 12.5. The van der Waals surface area contributed by atoms with Crippen LogP contribution >= 0.6 is 0 Å². The number of H-pyrrole nitrogens is 1. The molecule has 7 nitrogen and oxygen atoms in total. The number of aromatic amines is 1. The standard InChI is InChI=1S/C8H6F2N2O5/c9-7(10)5-6(15)3(1-4(13)14)2-11-8(5)12(16)17/h2,7H,1H2,(H,11,15)(H,13,14). The van der Waals surface area contributed by atoms with Gasteiger partial charge in [-0.2, -0.15) is 0 Å². The van der Waals surface area contributed by atoms with Crippen molar-refractivity contribution < 1.29 is 23.6 Å². The summed E-state index contributed by atoms with van der Waals surface area (Å²) in [5.41, 5.74) is -3.11. The Kier molecular flexibility index (Phi) is 3.51. The molecule has 9 heteroatoms. The fourth-order valence-electron chi connectivity index (χ4n) is 1.23. The molecule has 0 aliphatic heterocycles. The van der Waals surface area contributed by atoms with Crippen molar-refractivity contribution in [3.05, 3.63) is 37.7 Å². The molecule has 0 atom stereocenters. The maximum atomic E-state index is 12.5. The molecule has 1 aromatic rings. The minimum absolute atomic E-state index is 0.460. The second kappa shape index (κ2) is 4.68. The highest BCUT2D eigenvalue weighted by Crippen LogP contribution is 2.23. The quantitative estimate of drug-likeness (QED) is 0.605. The second-order valence-corrected chi connectivity index (χ2v) is 3.03. The van der Waals surface area contributed by atoms with Crippen LogP contribution in [-0.2, 0) is 11.2 Å². The number of carboxylic acid groups (broad SMARTS) is 1. The Labute approximate surface area is 91.8 Å². The fourth-order valence-corrected chi connectivity index (χ4v) is 1.23. The largest absolute Gasteiger partial charge is 0.481 e. The molecule has 0 aromatic carbocycles. The van der Waals surface area contributed by atoms with E-state index in [9.17, 15) is 28.5 Å². The SMILES string of the molecule is O=C(O)Cc1c[nH]c([N+](=O)[O-])c(C(F)F)c1=O. The summed E-state index contributed by atoms with van der Waals surface area (Å²) in [5.74, 6) is -2.52. The number of carbonyl (C=O) groups is 1. The fraction of sp³-hybridized carbons (Fsp3) is 0.250. The van der Waals surface area contributed by atoms with E-state index in [0.717, 1.165) is 6.20 Å². The zero-order valence-corrected chi connectivity index (χ0v) is 8.15. The Morgan fingerprint density at radius 3 is 2.59 bits per heavy atom. The molecule has 0 unspecified atom stereocenters. The lowest BCUT2D eigenvalue weighted by atomic mass is 10.1. The number of alkyl halides is 2. The first-order valence-corrected chi connectivity index (χ1v) is 4.23. The highest BCUT2D eigenvalue weighted by molar-refractivity contribution is 5.70. The maximum Gasteiger partial charge on any atom is 0.333 e. The zero-order valence-electron chi connectivity index (χ0n) is 8.15. The summed E-state index contributed by atoms with van der Waals surface area (Å²) in [7, 11) is 0. The lowest BCUT2D eigenvalue weighted by Crippen LogP contribution is -2.20. The molecule has 0 aliphatic rings. The minimum Gasteiger partial charge on any atom is -0.481 e. The van der Waals surface area contributed by atoms with Gasteiger partial charge in [-0.05, 0) is 4.92 Å². The van der Waals surface area contributed by atoms with Crippen molar-refractivity contribution in [2.45, 2.75) is 12.8 Å². The molecule has 0 aliphatic carbocycles. The lowest BCUT2D eigenvalue weighted by Gasteiger charge is -2.03. The molecule has 17 heavy (non-hydrogen) atoms. The average molecular weight is 248 g/mol. The first-order valence-electron chi connectivity index (χ1n) is 4.23. The Bertz CT molecular complexity index is 525. The van der Waals surface area contributed by atoms with Gasteiger partial charge in [0.1, 0.15) is 0 Å². The van der Waals surface area contributed by atoms with Gasteiger partial charge < -0.3 is 15.2 Å². The summed E-state index contributed by atoms with van der Waals surface area (Å²) in [6.07, 6.45) is -3.39. The number of nitro groups is 1. The van der Waals surface area contributed by atoms with Gasteiger partial charge in [-0.3, -0.25) is 9.59 Å². The first-order chi connectivity index (χ1) is 7.84. The van der Waals surface area contributed by atoms with E-state index in [2.05, 4.69) is 0 Å². The number of nitrogens with one attached hydrogen (secondary N) is 1. The molecule has 92 valence electrons. The van der Waals surface area contributed by atoms with Gasteiger partial charge in [-0.25, -0.2) is 13.8 Å². The number of pyridine rings is 1. The van der Waals surface area contributed by atoms with Crippen LogP contribution in [0.5, 0.6) is 0 Å². The predicted molar refractivity (Wildman–Crippen MR) is 50.0 cm³/mol. The van der Waals surface area contributed by atoms with E-state index in [4.69, 9.17) is 5.11 Å². The molecular formula is C8H6F2N2O5. The van der Waals surface area contributed by atoms with Gasteiger partial charge in [-0.1, -0.05) is 0 Å². The predicted octanol–water partition coefficient (Wildman–Crippen LogP) is 0.848. The smallest absolute Gasteiger partial charge is 0.333 e. The van der Waals surface area contributed by atoms with Gasteiger partial charge in [0, 0.05) is 0 Å². The first kappa shape index (κ1) is 12.7. The van der Waals surface area contributed by atoms with Crippen LogP contribution in [0.1, 0.15) is 17.6 Å². The van der Waals surface area contributed by atoms with Gasteiger partial charge in [-0.15, -0.1) is 0 Å². The van der Waals surface area contributed by atoms with E-state index in [0.29, 0.717) is 0 Å². The summed E-state index contributed by atoms with van der Waals surface area (Å²) in [4.78, 5) is 32.9. The highest BCUT2D eigenvalue weighted by atomic mass is 19.3. The van der Waals surface area contributed by atoms with Crippen molar-refractivity contribution in [1.29, 1.82) is 0 Å². The number of halogens is 2. The summed E-state index contributed by atoms with van der Waals surface area (Å²) in [6, 6.07) is 0. The van der Waals surface area contributed by atoms with Gasteiger partial charge in [0.25, 0.3) is 6.43 Å². The van der Waals surface area contributed by atoms with Crippen LogP contribution in [0.15, 0.2) is 11.0 Å². The van der Waals surface area contributed by atoms with Gasteiger partial charge >= 0.3 is 11.8 Å². The van der Waals surface area contributed by atoms with E-state index in [1.165, 1.54) is 0 Å². The summed E-state index contributed by atoms with van der Waals surface area (Å²) in [5, 5.41) is 18.8. The van der Waals surface area contributed by atoms with Crippen LogP contribution in [0.3, 0.4) is 0 Å². The van der Waals surface area contributed by atoms with Gasteiger partial charge in [0.15, 0.2) is 5.56 Å². The topological polar surface area (TPSA) is 113 Å². The highest BCUT2D eigenvalue weighted by Gasteiger charge is 2.27. The Balaban J connectivity index is 3.44. The molecular weight excluding hydrogens is 242 g/mol. The van der Waals surface area contributed by atoms with Crippen LogP contribution < -0.4 is 5.43 Å². The van der Waals surface area contributed by atoms with Crippen molar-refractivity contribution in [3.8, 4) is 0 Å². The van der Waals surface area contributed by atoms with E-state index in [-0.39, 0.29) is 0 Å². The van der Waals surface area contributed by atoms with E-state index >= 15 is 0 Å². The molecule has 0 fully saturated rings. The summed E-state index contributed by atoms with van der Waals surface area (Å²) in [6.45, 7) is 0.